The Kier molecular flexibility index (Phi) is 14.8. The Labute approximate surface area is 506 Å². The third-order valence-corrected chi connectivity index (χ3v) is 17.6. The molecule has 3 aliphatic rings. The Bertz CT molecular complexity index is 4050. The number of nitrogens with zero attached hydrogens (tertiary/aromatic N) is 2. The van der Waals surface area contributed by atoms with E-state index in [-0.39, 0.29) is 38.4 Å². The molecule has 5 aromatic carbocycles. The zero-order valence-electron chi connectivity index (χ0n) is 54.0. The molecule has 0 fully saturated rings. The van der Waals surface area contributed by atoms with Crippen molar-refractivity contribution in [1.82, 2.24) is 19.9 Å². The summed E-state index contributed by atoms with van der Waals surface area (Å²) in [4.78, 5) is 34.0. The van der Waals surface area contributed by atoms with Crippen LogP contribution in [0.1, 0.15) is 215 Å². The van der Waals surface area contributed by atoms with Crippen molar-refractivity contribution in [2.75, 3.05) is 5.32 Å². The summed E-state index contributed by atoms with van der Waals surface area (Å²) in [5, 5.41) is 3.30. The van der Waals surface area contributed by atoms with E-state index in [0.717, 1.165) is 109 Å². The van der Waals surface area contributed by atoms with Gasteiger partial charge in [-0.15, -0.1) is 0 Å². The molecule has 8 bridgehead atoms. The van der Waals surface area contributed by atoms with Gasteiger partial charge in [-0.25, -0.2) is 9.97 Å². The number of hydrogen-bond acceptors (Lipinski definition) is 3. The van der Waals surface area contributed by atoms with Gasteiger partial charge in [0, 0.05) is 55.6 Å². The molecule has 3 aromatic heterocycles. The van der Waals surface area contributed by atoms with Crippen LogP contribution in [0.15, 0.2) is 121 Å². The number of rotatable bonds is 6. The number of amides is 1. The van der Waals surface area contributed by atoms with Crippen molar-refractivity contribution in [2.24, 2.45) is 0 Å². The fraction of sp³-hybridized carbons (Fsp3) is 0.354. The number of carbonyl (C=O) groups excluding carboxylic acids is 1. The highest BCUT2D eigenvalue weighted by molar-refractivity contribution is 6.05. The molecule has 0 saturated carbocycles. The van der Waals surface area contributed by atoms with E-state index in [1.807, 2.05) is 18.2 Å². The van der Waals surface area contributed by atoms with E-state index in [4.69, 9.17) is 9.97 Å². The zero-order valence-corrected chi connectivity index (χ0v) is 54.0. The number of anilines is 1. The maximum atomic E-state index is 14.2. The van der Waals surface area contributed by atoms with Crippen molar-refractivity contribution in [3.8, 4) is 44.5 Å². The van der Waals surface area contributed by atoms with E-state index in [1.54, 1.807) is 0 Å². The smallest absolute Gasteiger partial charge is 0.255 e. The predicted molar refractivity (Wildman–Crippen MR) is 364 cm³/mol. The summed E-state index contributed by atoms with van der Waals surface area (Å²) in [6.07, 6.45) is 13.2. The van der Waals surface area contributed by atoms with Gasteiger partial charge in [0.05, 0.1) is 22.8 Å². The SMILES string of the molecule is CC(C)(C)c1cc(-c2c3nc(c(-c4cc(C(C)(C)C)cc(C(C)(C)C)c4)c4ccc([nH]4)c(-c4cc(C(C)(C)C)cc(C(C)(C)C)c4)c4nc(c(-c5cccc(NC(=O)c6ccc7c(c6)CCCC7)c5)c5ccc2[nH]5)C=C4)C=C3)cc(C(C)(C)C)c1. The maximum absolute atomic E-state index is 14.2. The predicted octanol–water partition coefficient (Wildman–Crippen LogP) is 21.2. The van der Waals surface area contributed by atoms with Crippen molar-refractivity contribution in [2.45, 2.75) is 183 Å². The van der Waals surface area contributed by atoms with Crippen LogP contribution < -0.4 is 5.32 Å². The molecule has 6 nitrogen and oxygen atoms in total. The fourth-order valence-electron chi connectivity index (χ4n) is 12.2. The lowest BCUT2D eigenvalue weighted by Gasteiger charge is -2.26. The van der Waals surface area contributed by atoms with E-state index in [1.165, 1.54) is 50.9 Å². The second kappa shape index (κ2) is 21.3. The minimum absolute atomic E-state index is 0.118. The quantitative estimate of drug-likeness (QED) is 0.155. The van der Waals surface area contributed by atoms with Gasteiger partial charge in [-0.1, -0.05) is 197 Å². The van der Waals surface area contributed by atoms with Crippen molar-refractivity contribution in [3.63, 3.8) is 0 Å². The maximum Gasteiger partial charge on any atom is 0.255 e. The van der Waals surface area contributed by atoms with Gasteiger partial charge in [-0.05, 0) is 198 Å². The molecule has 5 heterocycles. The number of aromatic nitrogens is 4. The van der Waals surface area contributed by atoms with E-state index in [9.17, 15) is 4.79 Å². The van der Waals surface area contributed by atoms with Crippen LogP contribution in [0.3, 0.4) is 0 Å². The van der Waals surface area contributed by atoms with Gasteiger partial charge >= 0.3 is 0 Å². The molecular formula is C79H89N5O. The Hall–Kier alpha value is -7.83. The molecule has 0 unspecified atom stereocenters. The number of fused-ring (bicyclic) bond motifs is 9. The Morgan fingerprint density at radius 2 is 0.694 bits per heavy atom. The largest absolute Gasteiger partial charge is 0.354 e. The summed E-state index contributed by atoms with van der Waals surface area (Å²) in [5.41, 5.74) is 26.3. The lowest BCUT2D eigenvalue weighted by molar-refractivity contribution is 0.102. The molecule has 0 radical (unpaired) electrons. The van der Waals surface area contributed by atoms with Gasteiger partial charge in [0.15, 0.2) is 0 Å². The number of carbonyl (C=O) groups is 1. The number of benzene rings is 5. The molecule has 6 heteroatoms. The van der Waals surface area contributed by atoms with Crippen LogP contribution in [0.2, 0.25) is 0 Å². The molecule has 11 rings (SSSR count). The van der Waals surface area contributed by atoms with Gasteiger partial charge in [0.2, 0.25) is 0 Å². The molecule has 0 saturated heterocycles. The lowest BCUT2D eigenvalue weighted by atomic mass is 9.78. The zero-order chi connectivity index (χ0) is 60.9. The lowest BCUT2D eigenvalue weighted by Crippen LogP contribution is -2.16. The first-order chi connectivity index (χ1) is 39.8. The van der Waals surface area contributed by atoms with E-state index < -0.39 is 0 Å². The highest BCUT2D eigenvalue weighted by atomic mass is 16.1. The second-order valence-electron chi connectivity index (χ2n) is 30.6. The molecule has 2 aliphatic heterocycles. The van der Waals surface area contributed by atoms with E-state index in [2.05, 4.69) is 267 Å². The Morgan fingerprint density at radius 1 is 0.365 bits per heavy atom. The fourth-order valence-corrected chi connectivity index (χ4v) is 12.2. The minimum atomic E-state index is -0.129. The van der Waals surface area contributed by atoms with Gasteiger partial charge in [-0.3, -0.25) is 4.79 Å². The van der Waals surface area contributed by atoms with Crippen molar-refractivity contribution in [1.29, 1.82) is 0 Å². The molecule has 85 heavy (non-hydrogen) atoms. The molecule has 1 amide bonds. The van der Waals surface area contributed by atoms with Crippen molar-refractivity contribution >= 4 is 58.0 Å². The summed E-state index contributed by atoms with van der Waals surface area (Å²) in [6, 6.07) is 44.9. The first-order valence-corrected chi connectivity index (χ1v) is 31.0. The molecule has 436 valence electrons. The minimum Gasteiger partial charge on any atom is -0.354 e. The third-order valence-electron chi connectivity index (χ3n) is 17.6. The average molecular weight is 1120 g/mol. The normalized spacial score (nSPS) is 14.0. The van der Waals surface area contributed by atoms with E-state index >= 15 is 0 Å². The molecular weight excluding hydrogens is 1030 g/mol. The summed E-state index contributed by atoms with van der Waals surface area (Å²) >= 11 is 0. The molecule has 0 atom stereocenters. The number of H-pyrrole nitrogens is 2. The third kappa shape index (κ3) is 12.1. The van der Waals surface area contributed by atoms with Crippen LogP contribution >= 0.6 is 0 Å². The van der Waals surface area contributed by atoms with Crippen LogP contribution in [-0.4, -0.2) is 25.8 Å². The highest BCUT2D eigenvalue weighted by Gasteiger charge is 2.28. The highest BCUT2D eigenvalue weighted by Crippen LogP contribution is 2.44. The first-order valence-electron chi connectivity index (χ1n) is 31.0. The number of hydrogen-bond donors (Lipinski definition) is 3. The standard InChI is InChI=1S/C79H89N5O/c1-74(2,3)54-37-51(38-55(44-54)75(4,5)6)70-63-30-28-61(81-63)69(49-24-21-25-60(43-49)80-73(85)50-27-26-47-22-19-20-23-48(47)36-50)62-29-31-64(82-62)71(52-39-56(76(7,8)9)45-57(40-52)77(10,11)12)66-33-35-68(84-66)72(67-34-32-65(70)83-67)53-41-58(78(13,14)15)46-59(42-53)79(16,17)18/h21,24-46,81,84H,19-20,22-23H2,1-18H3,(H,80,85). The van der Waals surface area contributed by atoms with Gasteiger partial charge in [-0.2, -0.15) is 0 Å². The number of aromatic amines is 2. The Morgan fingerprint density at radius 3 is 1.04 bits per heavy atom. The Balaban J connectivity index is 1.28. The van der Waals surface area contributed by atoms with Crippen LogP contribution in [-0.2, 0) is 45.3 Å². The average Bonchev–Trinajstić information content (AvgIpc) is 2.32. The number of nitrogens with one attached hydrogen (secondary N) is 3. The topological polar surface area (TPSA) is 86.5 Å². The summed E-state index contributed by atoms with van der Waals surface area (Å²) < 4.78 is 0. The number of aryl methyl sites for hydroxylation is 2. The van der Waals surface area contributed by atoms with E-state index in [0.29, 0.717) is 11.3 Å². The van der Waals surface area contributed by atoms with Crippen molar-refractivity contribution in [3.05, 3.63) is 194 Å². The van der Waals surface area contributed by atoms with Crippen LogP contribution in [0.25, 0.3) is 90.9 Å². The second-order valence-corrected chi connectivity index (χ2v) is 30.6. The summed E-state index contributed by atoms with van der Waals surface area (Å²) in [7, 11) is 0. The summed E-state index contributed by atoms with van der Waals surface area (Å²) in [6.45, 7) is 41.5. The van der Waals surface area contributed by atoms with Gasteiger partial charge < -0.3 is 15.3 Å². The van der Waals surface area contributed by atoms with Crippen molar-refractivity contribution < 1.29 is 4.79 Å². The molecule has 3 N–H and O–H groups in total. The molecule has 0 spiro atoms. The molecule has 8 aromatic rings. The summed E-state index contributed by atoms with van der Waals surface area (Å²) in [5.74, 6) is -0.119. The van der Waals surface area contributed by atoms with Crippen LogP contribution in [0.5, 0.6) is 0 Å². The first kappa shape index (κ1) is 58.9. The van der Waals surface area contributed by atoms with Crippen LogP contribution in [0, 0.1) is 0 Å². The van der Waals surface area contributed by atoms with Gasteiger partial charge in [0.25, 0.3) is 5.91 Å². The monoisotopic (exact) mass is 1120 g/mol. The van der Waals surface area contributed by atoms with Gasteiger partial charge in [0.1, 0.15) is 0 Å². The van der Waals surface area contributed by atoms with Crippen LogP contribution in [0.4, 0.5) is 5.69 Å². The molecule has 1 aliphatic carbocycles.